The molecule has 0 aliphatic heterocycles. The lowest BCUT2D eigenvalue weighted by Crippen LogP contribution is -2.16. The Balaban J connectivity index is 1.82. The van der Waals surface area contributed by atoms with Crippen LogP contribution >= 0.6 is 0 Å². The highest BCUT2D eigenvalue weighted by atomic mass is 16.6. The molecule has 0 radical (unpaired) electrons. The second-order valence-electron chi connectivity index (χ2n) is 5.53. The Morgan fingerprint density at radius 3 is 2.71 bits per heavy atom. The number of rotatable bonds is 7. The molecule has 0 amide bonds. The Morgan fingerprint density at radius 2 is 2.08 bits per heavy atom. The van der Waals surface area contributed by atoms with Gasteiger partial charge in [-0.25, -0.2) is 0 Å². The fraction of sp³-hybridized carbons (Fsp3) is 0.438. The van der Waals surface area contributed by atoms with E-state index in [1.54, 1.807) is 13.8 Å². The van der Waals surface area contributed by atoms with Crippen molar-refractivity contribution >= 4 is 11.7 Å². The molecule has 128 valence electrons. The second-order valence-corrected chi connectivity index (χ2v) is 5.53. The van der Waals surface area contributed by atoms with Crippen molar-refractivity contribution in [1.29, 1.82) is 0 Å². The highest BCUT2D eigenvalue weighted by Crippen LogP contribution is 2.21. The van der Waals surface area contributed by atoms with Crippen LogP contribution in [0.2, 0.25) is 0 Å². The number of esters is 1. The van der Waals surface area contributed by atoms with Crippen molar-refractivity contribution in [1.82, 2.24) is 14.8 Å². The average Bonchev–Trinajstić information content (AvgIpc) is 2.78. The normalized spacial score (nSPS) is 10.6. The molecule has 0 unspecified atom stereocenters. The predicted molar refractivity (Wildman–Crippen MR) is 86.6 cm³/mol. The van der Waals surface area contributed by atoms with Gasteiger partial charge in [0.25, 0.3) is 0 Å². The molecule has 0 aliphatic rings. The third-order valence-corrected chi connectivity index (χ3v) is 3.59. The van der Waals surface area contributed by atoms with Crippen LogP contribution in [0, 0.1) is 30.9 Å². The fourth-order valence-corrected chi connectivity index (χ4v) is 2.45. The molecule has 24 heavy (non-hydrogen) atoms. The highest BCUT2D eigenvalue weighted by molar-refractivity contribution is 5.69. The maximum Gasteiger partial charge on any atom is 0.327 e. The zero-order chi connectivity index (χ0) is 17.7. The molecule has 0 N–H and O–H groups in total. The van der Waals surface area contributed by atoms with Crippen LogP contribution in [0.15, 0.2) is 18.2 Å². The van der Waals surface area contributed by atoms with Gasteiger partial charge < -0.3 is 4.74 Å². The summed E-state index contributed by atoms with van der Waals surface area (Å²) in [6.45, 7) is 5.17. The second kappa shape index (κ2) is 7.67. The average molecular weight is 332 g/mol. The summed E-state index contributed by atoms with van der Waals surface area (Å²) in [4.78, 5) is 26.7. The van der Waals surface area contributed by atoms with E-state index in [1.807, 2.05) is 25.1 Å². The van der Waals surface area contributed by atoms with Gasteiger partial charge in [-0.1, -0.05) is 6.07 Å². The quantitative estimate of drug-likeness (QED) is 0.334. The monoisotopic (exact) mass is 332 g/mol. The number of aryl methyl sites for hydroxylation is 3. The van der Waals surface area contributed by atoms with Crippen LogP contribution in [0.3, 0.4) is 0 Å². The van der Waals surface area contributed by atoms with Crippen molar-refractivity contribution in [2.24, 2.45) is 0 Å². The minimum atomic E-state index is -0.492. The van der Waals surface area contributed by atoms with Gasteiger partial charge in [-0.3, -0.25) is 24.6 Å². The molecule has 0 spiro atoms. The summed E-state index contributed by atoms with van der Waals surface area (Å²) >= 11 is 0. The maximum atomic E-state index is 11.9. The Bertz CT molecular complexity index is 755. The van der Waals surface area contributed by atoms with E-state index >= 15 is 0 Å². The number of aromatic nitrogens is 3. The number of carbonyl (C=O) groups is 1. The van der Waals surface area contributed by atoms with Crippen molar-refractivity contribution in [3.05, 3.63) is 51.1 Å². The van der Waals surface area contributed by atoms with Crippen LogP contribution in [-0.4, -0.2) is 32.3 Å². The van der Waals surface area contributed by atoms with Crippen molar-refractivity contribution < 1.29 is 14.5 Å². The fourth-order valence-electron chi connectivity index (χ4n) is 2.45. The number of ether oxygens (including phenoxy) is 1. The van der Waals surface area contributed by atoms with Crippen molar-refractivity contribution in [3.8, 4) is 0 Å². The summed E-state index contributed by atoms with van der Waals surface area (Å²) in [7, 11) is 0. The number of nitro groups is 1. The SMILES string of the molecule is Cc1cccc(CCCOC(=O)Cn2nc(C)c([N+](=O)[O-])c2C)n1. The molecule has 0 saturated carbocycles. The summed E-state index contributed by atoms with van der Waals surface area (Å²) < 4.78 is 6.47. The Hall–Kier alpha value is -2.77. The van der Waals surface area contributed by atoms with Gasteiger partial charge in [-0.2, -0.15) is 5.10 Å². The summed E-state index contributed by atoms with van der Waals surface area (Å²) in [6.07, 6.45) is 1.39. The molecule has 2 aromatic rings. The van der Waals surface area contributed by atoms with Gasteiger partial charge in [-0.05, 0) is 45.7 Å². The first-order valence-corrected chi connectivity index (χ1v) is 7.65. The molecule has 0 aliphatic carbocycles. The van der Waals surface area contributed by atoms with Crippen LogP contribution in [0.1, 0.15) is 29.2 Å². The molecule has 2 rings (SSSR count). The van der Waals surface area contributed by atoms with Gasteiger partial charge in [0.2, 0.25) is 0 Å². The van der Waals surface area contributed by atoms with Gasteiger partial charge >= 0.3 is 11.7 Å². The lowest BCUT2D eigenvalue weighted by atomic mass is 10.2. The van der Waals surface area contributed by atoms with Gasteiger partial charge in [0.05, 0.1) is 11.5 Å². The van der Waals surface area contributed by atoms with Crippen molar-refractivity contribution in [2.75, 3.05) is 6.61 Å². The Kier molecular flexibility index (Phi) is 5.62. The van der Waals surface area contributed by atoms with E-state index in [0.29, 0.717) is 12.1 Å². The van der Waals surface area contributed by atoms with E-state index in [0.717, 1.165) is 17.8 Å². The zero-order valence-electron chi connectivity index (χ0n) is 14.0. The van der Waals surface area contributed by atoms with Gasteiger partial charge in [0, 0.05) is 11.4 Å². The lowest BCUT2D eigenvalue weighted by molar-refractivity contribution is -0.386. The first kappa shape index (κ1) is 17.6. The van der Waals surface area contributed by atoms with Crippen LogP contribution in [0.25, 0.3) is 0 Å². The summed E-state index contributed by atoms with van der Waals surface area (Å²) in [5, 5.41) is 15.0. The number of hydrogen-bond donors (Lipinski definition) is 0. The van der Waals surface area contributed by atoms with Crippen molar-refractivity contribution in [2.45, 2.75) is 40.2 Å². The summed E-state index contributed by atoms with van der Waals surface area (Å²) in [6, 6.07) is 5.81. The molecule has 8 heteroatoms. The van der Waals surface area contributed by atoms with E-state index in [9.17, 15) is 14.9 Å². The molecule has 0 atom stereocenters. The predicted octanol–water partition coefficient (Wildman–Crippen LogP) is 2.29. The molecule has 2 aromatic heterocycles. The van der Waals surface area contributed by atoms with E-state index in [4.69, 9.17) is 4.74 Å². The molecule has 0 aromatic carbocycles. The largest absolute Gasteiger partial charge is 0.464 e. The maximum absolute atomic E-state index is 11.9. The van der Waals surface area contributed by atoms with Crippen LogP contribution < -0.4 is 0 Å². The molecular weight excluding hydrogens is 312 g/mol. The Labute approximate surface area is 139 Å². The highest BCUT2D eigenvalue weighted by Gasteiger charge is 2.22. The molecule has 0 saturated heterocycles. The van der Waals surface area contributed by atoms with E-state index in [-0.39, 0.29) is 24.5 Å². The third kappa shape index (κ3) is 4.37. The smallest absolute Gasteiger partial charge is 0.327 e. The Morgan fingerprint density at radius 1 is 1.33 bits per heavy atom. The van der Waals surface area contributed by atoms with Gasteiger partial charge in [-0.15, -0.1) is 0 Å². The molecule has 8 nitrogen and oxygen atoms in total. The van der Waals surface area contributed by atoms with Crippen LogP contribution in [-0.2, 0) is 22.5 Å². The number of pyridine rings is 1. The number of hydrogen-bond acceptors (Lipinski definition) is 6. The number of carbonyl (C=O) groups excluding carboxylic acids is 1. The minimum absolute atomic E-state index is 0.0617. The first-order valence-electron chi connectivity index (χ1n) is 7.65. The van der Waals surface area contributed by atoms with E-state index in [1.165, 1.54) is 4.68 Å². The van der Waals surface area contributed by atoms with Gasteiger partial charge in [0.15, 0.2) is 0 Å². The molecular formula is C16H20N4O4. The standard InChI is InChI=1S/C16H20N4O4/c1-11-6-4-7-14(17-11)8-5-9-24-15(21)10-19-13(3)16(20(22)23)12(2)18-19/h4,6-7H,5,8-10H2,1-3H3. The van der Waals surface area contributed by atoms with E-state index < -0.39 is 10.9 Å². The number of nitrogens with zero attached hydrogens (tertiary/aromatic N) is 4. The first-order chi connectivity index (χ1) is 11.4. The lowest BCUT2D eigenvalue weighted by Gasteiger charge is -2.06. The van der Waals surface area contributed by atoms with Gasteiger partial charge in [0.1, 0.15) is 17.9 Å². The van der Waals surface area contributed by atoms with Crippen molar-refractivity contribution in [3.63, 3.8) is 0 Å². The third-order valence-electron chi connectivity index (χ3n) is 3.59. The van der Waals surface area contributed by atoms with E-state index in [2.05, 4.69) is 10.1 Å². The minimum Gasteiger partial charge on any atom is -0.464 e. The molecule has 2 heterocycles. The van der Waals surface area contributed by atoms with Crippen LogP contribution in [0.5, 0.6) is 0 Å². The molecule has 0 fully saturated rings. The van der Waals surface area contributed by atoms with Crippen LogP contribution in [0.4, 0.5) is 5.69 Å². The zero-order valence-corrected chi connectivity index (χ0v) is 14.0. The molecule has 0 bridgehead atoms. The summed E-state index contributed by atoms with van der Waals surface area (Å²) in [5.41, 5.74) is 2.48. The topological polar surface area (TPSA) is 100 Å². The summed E-state index contributed by atoms with van der Waals surface area (Å²) in [5.74, 6) is -0.465.